The summed E-state index contributed by atoms with van der Waals surface area (Å²) in [5.41, 5.74) is 2.04. The molecule has 1 aromatic carbocycles. The zero-order valence-corrected chi connectivity index (χ0v) is 16.1. The summed E-state index contributed by atoms with van der Waals surface area (Å²) in [4.78, 5) is 23.3. The number of rotatable bonds is 7. The highest BCUT2D eigenvalue weighted by atomic mass is 16.5. The lowest BCUT2D eigenvalue weighted by Gasteiger charge is -2.19. The van der Waals surface area contributed by atoms with Crippen molar-refractivity contribution in [3.63, 3.8) is 0 Å². The van der Waals surface area contributed by atoms with E-state index >= 15 is 0 Å². The molecule has 144 valence electrons. The lowest BCUT2D eigenvalue weighted by molar-refractivity contribution is 0.0950. The van der Waals surface area contributed by atoms with Crippen LogP contribution in [0.1, 0.15) is 29.6 Å². The van der Waals surface area contributed by atoms with Gasteiger partial charge in [-0.05, 0) is 45.0 Å². The summed E-state index contributed by atoms with van der Waals surface area (Å²) in [6.45, 7) is 1.82. The molecule has 1 aliphatic rings. The van der Waals surface area contributed by atoms with Gasteiger partial charge in [-0.1, -0.05) is 12.1 Å². The van der Waals surface area contributed by atoms with Crippen molar-refractivity contribution in [2.45, 2.75) is 25.3 Å². The molecule has 0 unspecified atom stereocenters. The van der Waals surface area contributed by atoms with Crippen molar-refractivity contribution in [3.05, 3.63) is 35.9 Å². The second-order valence-corrected chi connectivity index (χ2v) is 6.68. The number of nitrogens with zero attached hydrogens (tertiary/aromatic N) is 3. The topological polar surface area (TPSA) is 76.6 Å². The number of likely N-dealkylation sites (tertiary alicyclic amines) is 1. The Morgan fingerprint density at radius 1 is 1.26 bits per heavy atom. The third-order valence-corrected chi connectivity index (χ3v) is 4.93. The van der Waals surface area contributed by atoms with E-state index in [2.05, 4.69) is 27.2 Å². The molecule has 3 rings (SSSR count). The third kappa shape index (κ3) is 4.74. The van der Waals surface area contributed by atoms with Crippen LogP contribution in [0.3, 0.4) is 0 Å². The van der Waals surface area contributed by atoms with Gasteiger partial charge in [0.15, 0.2) is 0 Å². The van der Waals surface area contributed by atoms with Gasteiger partial charge < -0.3 is 19.7 Å². The van der Waals surface area contributed by atoms with Crippen LogP contribution in [-0.4, -0.2) is 61.2 Å². The molecule has 0 bridgehead atoms. The number of methoxy groups -OCH3 is 2. The Morgan fingerprint density at radius 2 is 2.11 bits per heavy atom. The van der Waals surface area contributed by atoms with Crippen molar-refractivity contribution < 1.29 is 14.3 Å². The molecule has 27 heavy (non-hydrogen) atoms. The number of hydrogen-bond donors (Lipinski definition) is 1. The van der Waals surface area contributed by atoms with E-state index in [1.54, 1.807) is 12.1 Å². The highest BCUT2D eigenvalue weighted by Gasteiger charge is 2.20. The molecule has 2 heterocycles. The number of carbonyl (C=O) groups is 1. The van der Waals surface area contributed by atoms with E-state index in [9.17, 15) is 4.79 Å². The van der Waals surface area contributed by atoms with E-state index in [4.69, 9.17) is 9.47 Å². The molecule has 0 aliphatic carbocycles. The molecule has 7 heteroatoms. The molecule has 1 N–H and O–H groups in total. The zero-order valence-electron chi connectivity index (χ0n) is 16.1. The van der Waals surface area contributed by atoms with Crippen LogP contribution < -0.4 is 14.8 Å². The minimum atomic E-state index is -0.0783. The average Bonchev–Trinajstić information content (AvgIpc) is 3.12. The predicted molar refractivity (Wildman–Crippen MR) is 103 cm³/mol. The number of benzene rings is 1. The molecular weight excluding hydrogens is 344 g/mol. The molecule has 0 saturated carbocycles. The van der Waals surface area contributed by atoms with Crippen molar-refractivity contribution in [3.8, 4) is 23.1 Å². The zero-order chi connectivity index (χ0) is 19.2. The number of ether oxygens (including phenoxy) is 2. The Hall–Kier alpha value is -2.67. The van der Waals surface area contributed by atoms with E-state index in [0.29, 0.717) is 29.7 Å². The maximum absolute atomic E-state index is 12.5. The fraction of sp³-hybridized carbons (Fsp3) is 0.450. The van der Waals surface area contributed by atoms with Gasteiger partial charge in [-0.3, -0.25) is 4.79 Å². The van der Waals surface area contributed by atoms with Gasteiger partial charge in [0.2, 0.25) is 5.88 Å². The highest BCUT2D eigenvalue weighted by Crippen LogP contribution is 2.24. The molecule has 1 fully saturated rings. The SMILES string of the molecule is COc1cc(-c2cccc(C(=O)NCC[C@@H]3CCCN3C)c2)nc(OC)n1. The summed E-state index contributed by atoms with van der Waals surface area (Å²) in [5, 5.41) is 3.02. The quantitative estimate of drug-likeness (QED) is 0.806. The largest absolute Gasteiger partial charge is 0.481 e. The van der Waals surface area contributed by atoms with Crippen LogP contribution in [0.15, 0.2) is 30.3 Å². The Bertz CT molecular complexity index is 774. The van der Waals surface area contributed by atoms with Crippen molar-refractivity contribution in [1.82, 2.24) is 20.2 Å². The second kappa shape index (κ2) is 8.81. The molecular formula is C20H26N4O3. The van der Waals surface area contributed by atoms with Crippen LogP contribution in [0, 0.1) is 0 Å². The van der Waals surface area contributed by atoms with E-state index in [0.717, 1.165) is 18.5 Å². The molecule has 7 nitrogen and oxygen atoms in total. The minimum Gasteiger partial charge on any atom is -0.481 e. The van der Waals surface area contributed by atoms with Crippen LogP contribution in [0.2, 0.25) is 0 Å². The van der Waals surface area contributed by atoms with Gasteiger partial charge in [-0.2, -0.15) is 9.97 Å². The first-order valence-electron chi connectivity index (χ1n) is 9.16. The molecule has 0 spiro atoms. The van der Waals surface area contributed by atoms with E-state index < -0.39 is 0 Å². The van der Waals surface area contributed by atoms with Gasteiger partial charge in [0, 0.05) is 29.8 Å². The van der Waals surface area contributed by atoms with Crippen molar-refractivity contribution >= 4 is 5.91 Å². The number of amides is 1. The molecule has 1 atom stereocenters. The fourth-order valence-corrected chi connectivity index (χ4v) is 3.37. The van der Waals surface area contributed by atoms with Crippen molar-refractivity contribution in [2.75, 3.05) is 34.4 Å². The summed E-state index contributed by atoms with van der Waals surface area (Å²) >= 11 is 0. The van der Waals surface area contributed by atoms with Gasteiger partial charge in [0.1, 0.15) is 0 Å². The predicted octanol–water partition coefficient (Wildman–Crippen LogP) is 2.37. The minimum absolute atomic E-state index is 0.0783. The van der Waals surface area contributed by atoms with E-state index in [-0.39, 0.29) is 11.9 Å². The van der Waals surface area contributed by atoms with Gasteiger partial charge >= 0.3 is 6.01 Å². The molecule has 0 radical (unpaired) electrons. The first kappa shape index (κ1) is 19.1. The maximum atomic E-state index is 12.5. The van der Waals surface area contributed by atoms with Gasteiger partial charge in [0.25, 0.3) is 5.91 Å². The lowest BCUT2D eigenvalue weighted by atomic mass is 10.1. The van der Waals surface area contributed by atoms with Crippen LogP contribution >= 0.6 is 0 Å². The van der Waals surface area contributed by atoms with Crippen LogP contribution in [-0.2, 0) is 0 Å². The number of carbonyl (C=O) groups excluding carboxylic acids is 1. The van der Waals surface area contributed by atoms with Crippen LogP contribution in [0.25, 0.3) is 11.3 Å². The Kier molecular flexibility index (Phi) is 6.24. The standard InChI is InChI=1S/C20H26N4O3/c1-24-11-5-8-16(24)9-10-21-19(25)15-7-4-6-14(12-15)17-13-18(26-2)23-20(22-17)27-3/h4,6-7,12-13,16H,5,8-11H2,1-3H3,(H,21,25)/t16-/m0/s1. The summed E-state index contributed by atoms with van der Waals surface area (Å²) in [6, 6.07) is 9.86. The highest BCUT2D eigenvalue weighted by molar-refractivity contribution is 5.95. The van der Waals surface area contributed by atoms with Crippen LogP contribution in [0.4, 0.5) is 0 Å². The Labute approximate surface area is 159 Å². The van der Waals surface area contributed by atoms with Crippen molar-refractivity contribution in [1.29, 1.82) is 0 Å². The first-order chi connectivity index (χ1) is 13.1. The molecule has 1 aliphatic heterocycles. The number of hydrogen-bond acceptors (Lipinski definition) is 6. The van der Waals surface area contributed by atoms with Crippen LogP contribution in [0.5, 0.6) is 11.9 Å². The second-order valence-electron chi connectivity index (χ2n) is 6.68. The fourth-order valence-electron chi connectivity index (χ4n) is 3.37. The number of aromatic nitrogens is 2. The normalized spacial score (nSPS) is 16.9. The van der Waals surface area contributed by atoms with E-state index in [1.807, 2.05) is 18.2 Å². The van der Waals surface area contributed by atoms with Crippen molar-refractivity contribution in [2.24, 2.45) is 0 Å². The summed E-state index contributed by atoms with van der Waals surface area (Å²) in [7, 11) is 5.19. The van der Waals surface area contributed by atoms with Gasteiger partial charge in [0.05, 0.1) is 19.9 Å². The van der Waals surface area contributed by atoms with Gasteiger partial charge in [-0.15, -0.1) is 0 Å². The average molecular weight is 370 g/mol. The molecule has 1 amide bonds. The molecule has 1 aromatic heterocycles. The maximum Gasteiger partial charge on any atom is 0.320 e. The number of nitrogens with one attached hydrogen (secondary N) is 1. The van der Waals surface area contributed by atoms with E-state index in [1.165, 1.54) is 27.1 Å². The van der Waals surface area contributed by atoms with Gasteiger partial charge in [-0.25, -0.2) is 0 Å². The lowest BCUT2D eigenvalue weighted by Crippen LogP contribution is -2.31. The Balaban J connectivity index is 1.68. The molecule has 2 aromatic rings. The Morgan fingerprint density at radius 3 is 2.81 bits per heavy atom. The monoisotopic (exact) mass is 370 g/mol. The third-order valence-electron chi connectivity index (χ3n) is 4.93. The first-order valence-corrected chi connectivity index (χ1v) is 9.16. The molecule has 1 saturated heterocycles. The summed E-state index contributed by atoms with van der Waals surface area (Å²) < 4.78 is 10.3. The summed E-state index contributed by atoms with van der Waals surface area (Å²) in [5.74, 6) is 0.331. The summed E-state index contributed by atoms with van der Waals surface area (Å²) in [6.07, 6.45) is 3.42. The smallest absolute Gasteiger partial charge is 0.320 e.